The first-order valence-corrected chi connectivity index (χ1v) is 12.6. The molecular weight excluding hydrogens is 410 g/mol. The van der Waals surface area contributed by atoms with Gasteiger partial charge in [0.15, 0.2) is 0 Å². The van der Waals surface area contributed by atoms with E-state index in [0.717, 1.165) is 44.3 Å². The summed E-state index contributed by atoms with van der Waals surface area (Å²) in [4.78, 5) is 2.90. The molecule has 0 aromatic heterocycles. The maximum absolute atomic E-state index is 11.0. The number of hydrogen-bond donors (Lipinski definition) is 1. The molecule has 2 saturated carbocycles. The van der Waals surface area contributed by atoms with Crippen LogP contribution in [0.5, 0.6) is 5.75 Å². The highest BCUT2D eigenvalue weighted by Crippen LogP contribution is 2.63. The zero-order valence-electron chi connectivity index (χ0n) is 19.6. The van der Waals surface area contributed by atoms with Crippen molar-refractivity contribution in [1.29, 1.82) is 0 Å². The fraction of sp³-hybridized carbons (Fsp3) is 0.571. The second-order valence-electron chi connectivity index (χ2n) is 10.6. The van der Waals surface area contributed by atoms with Crippen molar-refractivity contribution in [1.82, 2.24) is 0 Å². The zero-order valence-corrected chi connectivity index (χ0v) is 19.6. The van der Waals surface area contributed by atoms with Crippen LogP contribution in [0.25, 0.3) is 10.4 Å². The van der Waals surface area contributed by atoms with E-state index in [1.165, 1.54) is 23.1 Å². The number of ether oxygens (including phenoxy) is 1. The Balaban J connectivity index is 1.32. The normalized spacial score (nSPS) is 32.2. The Morgan fingerprint density at radius 2 is 2.03 bits per heavy atom. The highest BCUT2D eigenvalue weighted by molar-refractivity contribution is 5.41. The summed E-state index contributed by atoms with van der Waals surface area (Å²) >= 11 is 0. The van der Waals surface area contributed by atoms with Gasteiger partial charge in [0.05, 0.1) is 6.10 Å². The molecule has 0 bridgehead atoms. The van der Waals surface area contributed by atoms with Crippen molar-refractivity contribution in [3.05, 3.63) is 75.7 Å². The van der Waals surface area contributed by atoms with Crippen molar-refractivity contribution in [2.45, 2.75) is 70.5 Å². The third-order valence-corrected chi connectivity index (χ3v) is 8.93. The minimum atomic E-state index is -0.205. The molecule has 0 saturated heterocycles. The van der Waals surface area contributed by atoms with Gasteiger partial charge in [0, 0.05) is 11.5 Å². The molecule has 5 rings (SSSR count). The number of fused-ring (bicyclic) bond motifs is 5. The van der Waals surface area contributed by atoms with Crippen molar-refractivity contribution in [3.63, 3.8) is 0 Å². The number of aryl methyl sites for hydroxylation is 1. The summed E-state index contributed by atoms with van der Waals surface area (Å²) in [6.07, 6.45) is 7.22. The summed E-state index contributed by atoms with van der Waals surface area (Å²) in [6.45, 7) is 3.50. The van der Waals surface area contributed by atoms with Crippen LogP contribution >= 0.6 is 0 Å². The van der Waals surface area contributed by atoms with E-state index in [0.29, 0.717) is 36.8 Å². The quantitative estimate of drug-likeness (QED) is 0.220. The molecule has 0 amide bonds. The molecule has 1 N–H and O–H groups in total. The Labute approximate surface area is 196 Å². The van der Waals surface area contributed by atoms with Gasteiger partial charge >= 0.3 is 0 Å². The second-order valence-corrected chi connectivity index (χ2v) is 10.6. The number of hydrogen-bond acceptors (Lipinski definition) is 3. The second kappa shape index (κ2) is 9.40. The average molecular weight is 446 g/mol. The molecule has 6 unspecified atom stereocenters. The van der Waals surface area contributed by atoms with Crippen molar-refractivity contribution in [2.75, 3.05) is 6.54 Å². The van der Waals surface area contributed by atoms with Gasteiger partial charge in [-0.15, -0.1) is 0 Å². The van der Waals surface area contributed by atoms with Crippen LogP contribution in [0.15, 0.2) is 53.6 Å². The van der Waals surface area contributed by atoms with Gasteiger partial charge in [-0.3, -0.25) is 0 Å². The van der Waals surface area contributed by atoms with Crippen LogP contribution < -0.4 is 4.74 Å². The highest BCUT2D eigenvalue weighted by Gasteiger charge is 2.58. The third-order valence-electron chi connectivity index (χ3n) is 8.93. The number of aliphatic hydroxyl groups is 1. The van der Waals surface area contributed by atoms with Crippen LogP contribution in [0.3, 0.4) is 0 Å². The Bertz CT molecular complexity index is 1020. The largest absolute Gasteiger partial charge is 0.489 e. The Morgan fingerprint density at radius 3 is 2.85 bits per heavy atom. The third kappa shape index (κ3) is 4.25. The first-order chi connectivity index (χ1) is 16.1. The van der Waals surface area contributed by atoms with E-state index in [9.17, 15) is 5.11 Å². The van der Waals surface area contributed by atoms with Crippen LogP contribution in [0.2, 0.25) is 0 Å². The van der Waals surface area contributed by atoms with E-state index in [2.05, 4.69) is 47.3 Å². The van der Waals surface area contributed by atoms with E-state index >= 15 is 0 Å². The van der Waals surface area contributed by atoms with E-state index in [4.69, 9.17) is 10.3 Å². The molecule has 33 heavy (non-hydrogen) atoms. The minimum Gasteiger partial charge on any atom is -0.489 e. The van der Waals surface area contributed by atoms with Crippen LogP contribution in [-0.2, 0) is 13.0 Å². The van der Waals surface area contributed by atoms with Crippen LogP contribution in [0.1, 0.15) is 68.1 Å². The molecule has 3 aliphatic carbocycles. The SMILES string of the molecule is CC12CCC3c4ccc(OCc5ccccc5)cc4CCC3C1C(CCCN=[N+]=[N-])CC2O. The van der Waals surface area contributed by atoms with Gasteiger partial charge in [-0.25, -0.2) is 0 Å². The van der Waals surface area contributed by atoms with Gasteiger partial charge < -0.3 is 9.84 Å². The number of azide groups is 1. The van der Waals surface area contributed by atoms with Gasteiger partial charge in [0.25, 0.3) is 0 Å². The van der Waals surface area contributed by atoms with Crippen molar-refractivity contribution in [2.24, 2.45) is 28.3 Å². The smallest absolute Gasteiger partial charge is 0.120 e. The molecule has 0 spiro atoms. The Kier molecular flexibility index (Phi) is 6.36. The Hall–Kier alpha value is -2.49. The molecule has 6 atom stereocenters. The molecule has 2 fully saturated rings. The number of aliphatic hydroxyl groups excluding tert-OH is 1. The maximum Gasteiger partial charge on any atom is 0.120 e. The molecule has 0 heterocycles. The van der Waals surface area contributed by atoms with Crippen LogP contribution in [0.4, 0.5) is 0 Å². The molecule has 0 aliphatic heterocycles. The van der Waals surface area contributed by atoms with Crippen molar-refractivity contribution >= 4 is 0 Å². The molecule has 174 valence electrons. The van der Waals surface area contributed by atoms with E-state index in [1.54, 1.807) is 0 Å². The lowest BCUT2D eigenvalue weighted by atomic mass is 9.54. The summed E-state index contributed by atoms with van der Waals surface area (Å²) < 4.78 is 6.11. The topological polar surface area (TPSA) is 78.2 Å². The minimum absolute atomic E-state index is 0.0283. The number of nitrogens with zero attached hydrogens (tertiary/aromatic N) is 3. The van der Waals surface area contributed by atoms with Gasteiger partial charge in [-0.1, -0.05) is 48.4 Å². The van der Waals surface area contributed by atoms with Gasteiger partial charge in [0.2, 0.25) is 0 Å². The summed E-state index contributed by atoms with van der Waals surface area (Å²) in [5.41, 5.74) is 12.8. The first-order valence-electron chi connectivity index (χ1n) is 12.6. The fourth-order valence-corrected chi connectivity index (χ4v) is 7.41. The van der Waals surface area contributed by atoms with Crippen LogP contribution in [0, 0.1) is 23.2 Å². The summed E-state index contributed by atoms with van der Waals surface area (Å²) in [7, 11) is 0. The zero-order chi connectivity index (χ0) is 22.8. The van der Waals surface area contributed by atoms with E-state index < -0.39 is 0 Å². The Morgan fingerprint density at radius 1 is 1.18 bits per heavy atom. The maximum atomic E-state index is 11.0. The van der Waals surface area contributed by atoms with Crippen molar-refractivity contribution in [3.8, 4) is 5.75 Å². The van der Waals surface area contributed by atoms with Crippen molar-refractivity contribution < 1.29 is 9.84 Å². The lowest BCUT2D eigenvalue weighted by Gasteiger charge is -2.51. The summed E-state index contributed by atoms with van der Waals surface area (Å²) in [5.74, 6) is 3.26. The lowest BCUT2D eigenvalue weighted by molar-refractivity contribution is -0.0305. The van der Waals surface area contributed by atoms with Crippen LogP contribution in [-0.4, -0.2) is 17.8 Å². The summed E-state index contributed by atoms with van der Waals surface area (Å²) in [5, 5.41) is 14.8. The molecule has 3 aliphatic rings. The molecule has 5 nitrogen and oxygen atoms in total. The molecule has 0 radical (unpaired) electrons. The monoisotopic (exact) mass is 445 g/mol. The predicted molar refractivity (Wildman–Crippen MR) is 130 cm³/mol. The van der Waals surface area contributed by atoms with Gasteiger partial charge in [0.1, 0.15) is 12.4 Å². The number of benzene rings is 2. The molecule has 2 aromatic rings. The first kappa shape index (κ1) is 22.3. The highest BCUT2D eigenvalue weighted by atomic mass is 16.5. The number of rotatable bonds is 7. The summed E-state index contributed by atoms with van der Waals surface area (Å²) in [6, 6.07) is 17.1. The molecular formula is C28H35N3O2. The van der Waals surface area contributed by atoms with E-state index in [1.807, 2.05) is 18.2 Å². The standard InChI is InChI=1S/C28H35N3O2/c1-28-14-13-24-23-12-10-22(33-18-19-6-3-2-4-7-19)16-20(23)9-11-25(24)27(28)21(17-26(28)32)8-5-15-30-31-29/h2-4,6-7,10,12,16,21,24-27,32H,5,8-9,11,13-15,17-18H2,1H3. The average Bonchev–Trinajstić information content (AvgIpc) is 3.10. The molecule has 2 aromatic carbocycles. The van der Waals surface area contributed by atoms with E-state index in [-0.39, 0.29) is 11.5 Å². The lowest BCUT2D eigenvalue weighted by Crippen LogP contribution is -2.45. The molecule has 5 heteroatoms. The predicted octanol–water partition coefficient (Wildman–Crippen LogP) is 6.80. The van der Waals surface area contributed by atoms with Gasteiger partial charge in [-0.05, 0) is 108 Å². The fourth-order valence-electron chi connectivity index (χ4n) is 7.41. The van der Waals surface area contributed by atoms with Gasteiger partial charge in [-0.2, -0.15) is 0 Å².